The number of thiazole rings is 1. The number of fused-ring (bicyclic) bond motifs is 2. The van der Waals surface area contributed by atoms with E-state index in [1.807, 2.05) is 0 Å². The molecule has 2 heterocycles. The summed E-state index contributed by atoms with van der Waals surface area (Å²) in [6.45, 7) is 0.410. The molecule has 26 heavy (non-hydrogen) atoms. The quantitative estimate of drug-likeness (QED) is 0.520. The molecule has 0 radical (unpaired) electrons. The molecule has 4 rings (SSSR count). The summed E-state index contributed by atoms with van der Waals surface area (Å²) < 4.78 is 0. The zero-order valence-corrected chi connectivity index (χ0v) is 15.6. The van der Waals surface area contributed by atoms with Crippen LogP contribution in [0.25, 0.3) is 0 Å². The van der Waals surface area contributed by atoms with Crippen LogP contribution < -0.4 is 10.6 Å². The minimum absolute atomic E-state index is 0.0404. The van der Waals surface area contributed by atoms with E-state index in [0.717, 1.165) is 16.4 Å². The van der Waals surface area contributed by atoms with Crippen LogP contribution in [0.5, 0.6) is 5.88 Å². The number of nitrogens with one attached hydrogen (secondary N) is 2. The lowest BCUT2D eigenvalue weighted by atomic mass is 10.0. The number of nitrogens with zero attached hydrogens (tertiary/aromatic N) is 2. The van der Waals surface area contributed by atoms with E-state index in [-0.39, 0.29) is 11.8 Å². The molecule has 2 aliphatic rings. The third-order valence-electron chi connectivity index (χ3n) is 4.89. The molecule has 0 spiro atoms. The summed E-state index contributed by atoms with van der Waals surface area (Å²) in [6, 6.07) is 3.61. The standard InChI is InChI=1S/C18H19ClN4O2S/c19-15-4-3-12(9-21-15)16(24)20-6-5-14-17(25)23-18(26-14)22-13-8-10-1-2-11(13)7-10/h1-4,9-11,13,25H,5-8H2,(H,20,24)(H,22,23). The van der Waals surface area contributed by atoms with Crippen molar-refractivity contribution in [1.29, 1.82) is 0 Å². The van der Waals surface area contributed by atoms with Crippen molar-refractivity contribution in [2.45, 2.75) is 25.3 Å². The van der Waals surface area contributed by atoms with E-state index < -0.39 is 0 Å². The predicted octanol–water partition coefficient (Wildman–Crippen LogP) is 3.25. The number of anilines is 1. The van der Waals surface area contributed by atoms with Gasteiger partial charge in [-0.3, -0.25) is 4.79 Å². The Labute approximate surface area is 160 Å². The van der Waals surface area contributed by atoms with E-state index in [2.05, 4.69) is 32.8 Å². The van der Waals surface area contributed by atoms with Crippen LogP contribution in [0.3, 0.4) is 0 Å². The summed E-state index contributed by atoms with van der Waals surface area (Å²) in [4.78, 5) is 20.9. The summed E-state index contributed by atoms with van der Waals surface area (Å²) in [6.07, 6.45) is 8.88. The van der Waals surface area contributed by atoms with Crippen LogP contribution in [0.1, 0.15) is 28.1 Å². The fourth-order valence-electron chi connectivity index (χ4n) is 3.58. The van der Waals surface area contributed by atoms with Gasteiger partial charge in [-0.25, -0.2) is 4.98 Å². The van der Waals surface area contributed by atoms with Gasteiger partial charge in [0.1, 0.15) is 5.15 Å². The Morgan fingerprint density at radius 1 is 1.35 bits per heavy atom. The first-order valence-corrected chi connectivity index (χ1v) is 9.81. The van der Waals surface area contributed by atoms with Gasteiger partial charge in [0.2, 0.25) is 5.88 Å². The van der Waals surface area contributed by atoms with Gasteiger partial charge in [0.05, 0.1) is 10.4 Å². The second-order valence-corrected chi connectivity index (χ2v) is 8.14. The number of amides is 1. The third-order valence-corrected chi connectivity index (χ3v) is 6.15. The van der Waals surface area contributed by atoms with E-state index in [9.17, 15) is 9.90 Å². The van der Waals surface area contributed by atoms with Crippen molar-refractivity contribution in [3.05, 3.63) is 46.1 Å². The Hall–Kier alpha value is -2.12. The molecule has 136 valence electrons. The van der Waals surface area contributed by atoms with Crippen LogP contribution in [0.15, 0.2) is 30.5 Å². The van der Waals surface area contributed by atoms with E-state index >= 15 is 0 Å². The lowest BCUT2D eigenvalue weighted by molar-refractivity contribution is 0.0953. The maximum Gasteiger partial charge on any atom is 0.252 e. The second-order valence-electron chi connectivity index (χ2n) is 6.67. The molecule has 0 saturated heterocycles. The van der Waals surface area contributed by atoms with Crippen LogP contribution in [0.2, 0.25) is 5.15 Å². The number of aromatic nitrogens is 2. The van der Waals surface area contributed by atoms with Crippen molar-refractivity contribution < 1.29 is 9.90 Å². The highest BCUT2D eigenvalue weighted by molar-refractivity contribution is 7.15. The Kier molecular flexibility index (Phi) is 4.82. The van der Waals surface area contributed by atoms with E-state index in [1.54, 1.807) is 12.1 Å². The lowest BCUT2D eigenvalue weighted by Crippen LogP contribution is -2.25. The Balaban J connectivity index is 1.30. The minimum atomic E-state index is -0.217. The Bertz CT molecular complexity index is 836. The zero-order valence-electron chi connectivity index (χ0n) is 14.0. The Morgan fingerprint density at radius 2 is 2.23 bits per heavy atom. The van der Waals surface area contributed by atoms with Gasteiger partial charge in [0, 0.05) is 25.2 Å². The number of rotatable bonds is 6. The molecule has 2 aliphatic carbocycles. The van der Waals surface area contributed by atoms with Gasteiger partial charge < -0.3 is 15.7 Å². The number of halogens is 1. The van der Waals surface area contributed by atoms with Crippen molar-refractivity contribution >= 4 is 34.0 Å². The fourth-order valence-corrected chi connectivity index (χ4v) is 4.60. The van der Waals surface area contributed by atoms with Crippen LogP contribution in [-0.4, -0.2) is 33.6 Å². The molecule has 0 aromatic carbocycles. The molecular weight excluding hydrogens is 372 g/mol. The molecule has 3 unspecified atom stereocenters. The molecule has 3 N–H and O–H groups in total. The smallest absolute Gasteiger partial charge is 0.252 e. The van der Waals surface area contributed by atoms with Gasteiger partial charge in [-0.05, 0) is 36.8 Å². The highest BCUT2D eigenvalue weighted by Crippen LogP contribution is 2.41. The number of aromatic hydroxyl groups is 1. The van der Waals surface area contributed by atoms with Crippen molar-refractivity contribution in [1.82, 2.24) is 15.3 Å². The molecule has 0 aliphatic heterocycles. The molecule has 3 atom stereocenters. The average Bonchev–Trinajstić information content (AvgIpc) is 3.32. The number of pyridine rings is 1. The lowest BCUT2D eigenvalue weighted by Gasteiger charge is -2.18. The van der Waals surface area contributed by atoms with Gasteiger partial charge in [-0.15, -0.1) is 0 Å². The minimum Gasteiger partial charge on any atom is -0.492 e. The van der Waals surface area contributed by atoms with Crippen LogP contribution in [0.4, 0.5) is 5.13 Å². The molecule has 2 aromatic heterocycles. The van der Waals surface area contributed by atoms with Crippen LogP contribution in [-0.2, 0) is 6.42 Å². The third kappa shape index (κ3) is 3.68. The first-order valence-electron chi connectivity index (χ1n) is 8.62. The first kappa shape index (κ1) is 17.3. The summed E-state index contributed by atoms with van der Waals surface area (Å²) in [5, 5.41) is 17.4. The molecular formula is C18H19ClN4O2S. The summed E-state index contributed by atoms with van der Waals surface area (Å²) in [7, 11) is 0. The zero-order chi connectivity index (χ0) is 18.1. The number of hydrogen-bond donors (Lipinski definition) is 3. The number of carbonyl (C=O) groups is 1. The summed E-state index contributed by atoms with van der Waals surface area (Å²) in [5.41, 5.74) is 0.453. The van der Waals surface area contributed by atoms with Gasteiger partial charge in [-0.2, -0.15) is 4.98 Å². The highest BCUT2D eigenvalue weighted by atomic mass is 35.5. The van der Waals surface area contributed by atoms with E-state index in [4.69, 9.17) is 11.6 Å². The predicted molar refractivity (Wildman–Crippen MR) is 102 cm³/mol. The number of allylic oxidation sites excluding steroid dienone is 1. The van der Waals surface area contributed by atoms with Crippen LogP contribution >= 0.6 is 22.9 Å². The maximum absolute atomic E-state index is 12.1. The van der Waals surface area contributed by atoms with Crippen molar-refractivity contribution in [2.24, 2.45) is 11.8 Å². The van der Waals surface area contributed by atoms with Crippen LogP contribution in [0, 0.1) is 11.8 Å². The number of carbonyl (C=O) groups excluding carboxylic acids is 1. The van der Waals surface area contributed by atoms with Crippen molar-refractivity contribution in [3.63, 3.8) is 0 Å². The molecule has 2 bridgehead atoms. The SMILES string of the molecule is O=C(NCCc1sc(NC2CC3C=CC2C3)nc1O)c1ccc(Cl)nc1. The second kappa shape index (κ2) is 7.25. The monoisotopic (exact) mass is 390 g/mol. The van der Waals surface area contributed by atoms with E-state index in [1.165, 1.54) is 24.0 Å². The van der Waals surface area contributed by atoms with E-state index in [0.29, 0.717) is 41.6 Å². The molecule has 1 fully saturated rings. The molecule has 1 saturated carbocycles. The average molecular weight is 391 g/mol. The van der Waals surface area contributed by atoms with Gasteiger partial charge >= 0.3 is 0 Å². The molecule has 8 heteroatoms. The summed E-state index contributed by atoms with van der Waals surface area (Å²) in [5.74, 6) is 1.08. The van der Waals surface area contributed by atoms with Crippen molar-refractivity contribution in [3.8, 4) is 5.88 Å². The molecule has 1 amide bonds. The maximum atomic E-state index is 12.1. The Morgan fingerprint density at radius 3 is 2.92 bits per heavy atom. The van der Waals surface area contributed by atoms with Gasteiger partial charge in [0.15, 0.2) is 5.13 Å². The molecule has 2 aromatic rings. The van der Waals surface area contributed by atoms with Gasteiger partial charge in [-0.1, -0.05) is 35.1 Å². The topological polar surface area (TPSA) is 87.1 Å². The largest absolute Gasteiger partial charge is 0.492 e. The van der Waals surface area contributed by atoms with Gasteiger partial charge in [0.25, 0.3) is 5.91 Å². The normalized spacial score (nSPS) is 23.3. The first-order chi connectivity index (χ1) is 12.6. The fraction of sp³-hybridized carbons (Fsp3) is 0.389. The highest BCUT2D eigenvalue weighted by Gasteiger charge is 2.36. The summed E-state index contributed by atoms with van der Waals surface area (Å²) >= 11 is 7.16. The molecule has 6 nitrogen and oxygen atoms in total. The number of hydrogen-bond acceptors (Lipinski definition) is 6. The van der Waals surface area contributed by atoms with Crippen molar-refractivity contribution in [2.75, 3.05) is 11.9 Å².